The van der Waals surface area contributed by atoms with Gasteiger partial charge in [0.1, 0.15) is 0 Å². The minimum Gasteiger partial charge on any atom is -0.0801 e. The van der Waals surface area contributed by atoms with E-state index in [1.165, 1.54) is 16.7 Å². The summed E-state index contributed by atoms with van der Waals surface area (Å²) in [6.45, 7) is 2.11. The fourth-order valence-electron chi connectivity index (χ4n) is 1.74. The van der Waals surface area contributed by atoms with Crippen LogP contribution >= 0.6 is 0 Å². The Hall–Kier alpha value is -2.08. The van der Waals surface area contributed by atoms with Crippen LogP contribution in [0.25, 0.3) is 6.08 Å². The van der Waals surface area contributed by atoms with Crippen LogP contribution in [-0.4, -0.2) is 0 Å². The summed E-state index contributed by atoms with van der Waals surface area (Å²) in [5, 5.41) is 0. The van der Waals surface area contributed by atoms with Crippen molar-refractivity contribution < 1.29 is 0 Å². The molecule has 0 heterocycles. The predicted octanol–water partition coefficient (Wildman–Crippen LogP) is 4.81. The highest BCUT2D eigenvalue weighted by Gasteiger charge is 1.87. The minimum absolute atomic E-state index is 0.986. The van der Waals surface area contributed by atoms with Crippen molar-refractivity contribution >= 4 is 6.08 Å². The van der Waals surface area contributed by atoms with E-state index < -0.39 is 0 Å². The lowest BCUT2D eigenvalue weighted by molar-refractivity contribution is 1.26. The summed E-state index contributed by atoms with van der Waals surface area (Å²) >= 11 is 0. The van der Waals surface area contributed by atoms with Crippen LogP contribution in [0.4, 0.5) is 0 Å². The Bertz CT molecular complexity index is 516. The molecule has 90 valence electrons. The van der Waals surface area contributed by atoms with Gasteiger partial charge in [0.25, 0.3) is 0 Å². The van der Waals surface area contributed by atoms with E-state index in [1.807, 2.05) is 6.07 Å². The lowest BCUT2D eigenvalue weighted by atomic mass is 10.1. The van der Waals surface area contributed by atoms with Gasteiger partial charge >= 0.3 is 0 Å². The Morgan fingerprint density at radius 3 is 2.28 bits per heavy atom. The monoisotopic (exact) mass is 234 g/mol. The van der Waals surface area contributed by atoms with Gasteiger partial charge in [-0.15, -0.1) is 0 Å². The summed E-state index contributed by atoms with van der Waals surface area (Å²) in [6.07, 6.45) is 9.48. The molecule has 0 radical (unpaired) electrons. The molecule has 0 atom stereocenters. The number of allylic oxidation sites excluding steroid dienone is 3. The first kappa shape index (κ1) is 12.4. The highest BCUT2D eigenvalue weighted by Crippen LogP contribution is 2.05. The van der Waals surface area contributed by atoms with Gasteiger partial charge in [0.2, 0.25) is 0 Å². The zero-order valence-electron chi connectivity index (χ0n) is 10.7. The standard InChI is InChI=1S/C18H18/c1-16-12-14-18(15-13-16)11-7-3-6-10-17-8-4-2-5-9-17/h2-10,12-15H,11H2,1H3/b7-3+,10-6+. The molecule has 0 unspecified atom stereocenters. The van der Waals surface area contributed by atoms with Crippen molar-refractivity contribution in [2.24, 2.45) is 0 Å². The smallest absolute Gasteiger partial charge is 0.00943 e. The highest BCUT2D eigenvalue weighted by atomic mass is 13.9. The molecule has 0 heteroatoms. The van der Waals surface area contributed by atoms with Crippen molar-refractivity contribution in [3.05, 3.63) is 89.5 Å². The third kappa shape index (κ3) is 4.06. The van der Waals surface area contributed by atoms with Gasteiger partial charge in [-0.05, 0) is 24.5 Å². The van der Waals surface area contributed by atoms with Gasteiger partial charge in [0, 0.05) is 0 Å². The molecule has 0 spiro atoms. The molecule has 0 bridgehead atoms. The molecule has 2 aromatic carbocycles. The van der Waals surface area contributed by atoms with E-state index in [-0.39, 0.29) is 0 Å². The molecule has 0 nitrogen and oxygen atoms in total. The second-order valence-corrected chi connectivity index (χ2v) is 4.39. The average Bonchev–Trinajstić information content (AvgIpc) is 2.42. The van der Waals surface area contributed by atoms with Crippen LogP contribution in [0.2, 0.25) is 0 Å². The molecule has 0 aliphatic carbocycles. The average molecular weight is 234 g/mol. The van der Waals surface area contributed by atoms with Crippen LogP contribution in [-0.2, 0) is 6.42 Å². The summed E-state index contributed by atoms with van der Waals surface area (Å²) in [7, 11) is 0. The van der Waals surface area contributed by atoms with Gasteiger partial charge in [-0.2, -0.15) is 0 Å². The van der Waals surface area contributed by atoms with E-state index in [4.69, 9.17) is 0 Å². The van der Waals surface area contributed by atoms with Crippen molar-refractivity contribution in [1.82, 2.24) is 0 Å². The quantitative estimate of drug-likeness (QED) is 0.666. The topological polar surface area (TPSA) is 0 Å². The molecule has 0 amide bonds. The molecule has 0 saturated heterocycles. The summed E-state index contributed by atoms with van der Waals surface area (Å²) in [5.74, 6) is 0. The SMILES string of the molecule is Cc1ccc(C/C=C/C=C/c2ccccc2)cc1. The van der Waals surface area contributed by atoms with Gasteiger partial charge < -0.3 is 0 Å². The Morgan fingerprint density at radius 1 is 0.833 bits per heavy atom. The third-order valence-electron chi connectivity index (χ3n) is 2.81. The fourth-order valence-corrected chi connectivity index (χ4v) is 1.74. The van der Waals surface area contributed by atoms with Gasteiger partial charge in [-0.1, -0.05) is 84.5 Å². The van der Waals surface area contributed by atoms with Crippen LogP contribution in [0.5, 0.6) is 0 Å². The van der Waals surface area contributed by atoms with E-state index in [0.29, 0.717) is 0 Å². The second-order valence-electron chi connectivity index (χ2n) is 4.39. The summed E-state index contributed by atoms with van der Waals surface area (Å²) < 4.78 is 0. The van der Waals surface area contributed by atoms with Crippen molar-refractivity contribution in [1.29, 1.82) is 0 Å². The Labute approximate surface area is 109 Å². The van der Waals surface area contributed by atoms with Crippen molar-refractivity contribution in [3.63, 3.8) is 0 Å². The molecule has 0 aromatic heterocycles. The number of hydrogen-bond acceptors (Lipinski definition) is 0. The lowest BCUT2D eigenvalue weighted by Gasteiger charge is -1.96. The first-order valence-corrected chi connectivity index (χ1v) is 6.28. The summed E-state index contributed by atoms with van der Waals surface area (Å²) in [4.78, 5) is 0. The van der Waals surface area contributed by atoms with Crippen molar-refractivity contribution in [2.45, 2.75) is 13.3 Å². The van der Waals surface area contributed by atoms with Crippen LogP contribution < -0.4 is 0 Å². The predicted molar refractivity (Wildman–Crippen MR) is 79.5 cm³/mol. The van der Waals surface area contributed by atoms with Gasteiger partial charge in [-0.3, -0.25) is 0 Å². The molecule has 0 N–H and O–H groups in total. The molecule has 2 aromatic rings. The molecular formula is C18H18. The van der Waals surface area contributed by atoms with E-state index in [0.717, 1.165) is 6.42 Å². The first-order valence-electron chi connectivity index (χ1n) is 6.28. The Morgan fingerprint density at radius 2 is 1.56 bits per heavy atom. The van der Waals surface area contributed by atoms with Crippen molar-refractivity contribution in [3.8, 4) is 0 Å². The molecule has 0 fully saturated rings. The number of aryl methyl sites for hydroxylation is 1. The number of benzene rings is 2. The molecule has 0 aliphatic rings. The maximum Gasteiger partial charge on any atom is -0.00943 e. The van der Waals surface area contributed by atoms with Crippen LogP contribution in [0.3, 0.4) is 0 Å². The zero-order valence-corrected chi connectivity index (χ0v) is 10.7. The van der Waals surface area contributed by atoms with E-state index in [9.17, 15) is 0 Å². The highest BCUT2D eigenvalue weighted by molar-refractivity contribution is 5.50. The number of hydrogen-bond donors (Lipinski definition) is 0. The Balaban J connectivity index is 1.85. The fraction of sp³-hybridized carbons (Fsp3) is 0.111. The maximum atomic E-state index is 2.18. The normalized spacial score (nSPS) is 11.4. The molecule has 0 aliphatic heterocycles. The van der Waals surface area contributed by atoms with Crippen molar-refractivity contribution in [2.75, 3.05) is 0 Å². The van der Waals surface area contributed by atoms with Crippen LogP contribution in [0, 0.1) is 6.92 Å². The third-order valence-corrected chi connectivity index (χ3v) is 2.81. The van der Waals surface area contributed by atoms with E-state index in [1.54, 1.807) is 0 Å². The summed E-state index contributed by atoms with van der Waals surface area (Å²) in [6, 6.07) is 19.0. The van der Waals surface area contributed by atoms with Gasteiger partial charge in [0.15, 0.2) is 0 Å². The molecular weight excluding hydrogens is 216 g/mol. The largest absolute Gasteiger partial charge is 0.0801 e. The van der Waals surface area contributed by atoms with Crippen LogP contribution in [0.1, 0.15) is 16.7 Å². The molecule has 2 rings (SSSR count). The van der Waals surface area contributed by atoms with E-state index >= 15 is 0 Å². The van der Waals surface area contributed by atoms with Gasteiger partial charge in [-0.25, -0.2) is 0 Å². The minimum atomic E-state index is 0.986. The first-order chi connectivity index (χ1) is 8.84. The molecule has 0 saturated carbocycles. The van der Waals surface area contributed by atoms with Crippen LogP contribution in [0.15, 0.2) is 72.8 Å². The molecule has 18 heavy (non-hydrogen) atoms. The van der Waals surface area contributed by atoms with E-state index in [2.05, 4.69) is 79.8 Å². The number of rotatable bonds is 4. The lowest BCUT2D eigenvalue weighted by Crippen LogP contribution is -1.80. The maximum absolute atomic E-state index is 2.18. The summed E-state index contributed by atoms with van der Waals surface area (Å²) in [5.41, 5.74) is 3.90. The second kappa shape index (κ2) is 6.61. The Kier molecular flexibility index (Phi) is 4.54. The zero-order chi connectivity index (χ0) is 12.6. The van der Waals surface area contributed by atoms with Gasteiger partial charge in [0.05, 0.1) is 0 Å².